The second-order valence-electron chi connectivity index (χ2n) is 6.73. The van der Waals surface area contributed by atoms with Crippen LogP contribution in [-0.4, -0.2) is 34.8 Å². The van der Waals surface area contributed by atoms with Crippen molar-refractivity contribution in [3.8, 4) is 0 Å². The Bertz CT molecular complexity index is 953. The van der Waals surface area contributed by atoms with Gasteiger partial charge in [-0.1, -0.05) is 0 Å². The van der Waals surface area contributed by atoms with Crippen LogP contribution in [0.5, 0.6) is 0 Å². The van der Waals surface area contributed by atoms with Crippen LogP contribution < -0.4 is 16.1 Å². The highest BCUT2D eigenvalue weighted by molar-refractivity contribution is 5.94. The number of fused-ring (bicyclic) bond motifs is 1. The Morgan fingerprint density at radius 3 is 2.56 bits per heavy atom. The van der Waals surface area contributed by atoms with E-state index >= 15 is 4.39 Å². The van der Waals surface area contributed by atoms with Gasteiger partial charge in [0.2, 0.25) is 5.43 Å². The Morgan fingerprint density at radius 1 is 1.28 bits per heavy atom. The lowest BCUT2D eigenvalue weighted by Gasteiger charge is -2.21. The number of carboxylic acids is 1. The fourth-order valence-corrected chi connectivity index (χ4v) is 3.48. The average Bonchev–Trinajstić information content (AvgIpc) is 3.31. The minimum absolute atomic E-state index is 0.0647. The fourth-order valence-electron chi connectivity index (χ4n) is 3.48. The summed E-state index contributed by atoms with van der Waals surface area (Å²) < 4.78 is 31.3. The van der Waals surface area contributed by atoms with Crippen molar-refractivity contribution >= 4 is 22.6 Å². The summed E-state index contributed by atoms with van der Waals surface area (Å²) in [6, 6.07) is 0.740. The predicted molar refractivity (Wildman–Crippen MR) is 88.2 cm³/mol. The van der Waals surface area contributed by atoms with Gasteiger partial charge in [-0.15, -0.1) is 0 Å². The van der Waals surface area contributed by atoms with Crippen LogP contribution >= 0.6 is 0 Å². The standard InChI is InChI=1S/C17H17F2N3O3/c18-11-5-12(21-4-3-8(20)6-21)14(19)15-13(11)16(23)10(17(24)25)7-22(15)9-1-2-9/h5,7-9H,1-4,6,20H2,(H,24,25)/t8-/m0/s1. The molecule has 1 atom stereocenters. The van der Waals surface area contributed by atoms with Crippen LogP contribution in [0.1, 0.15) is 35.7 Å². The van der Waals surface area contributed by atoms with Gasteiger partial charge in [-0.05, 0) is 19.3 Å². The molecule has 1 aliphatic heterocycles. The SMILES string of the molecule is N[C@H]1CCN(c2cc(F)c3c(=O)c(C(=O)O)cn(C4CC4)c3c2F)C1. The van der Waals surface area contributed by atoms with Gasteiger partial charge in [0, 0.05) is 37.4 Å². The number of aromatic carboxylic acids is 1. The molecule has 132 valence electrons. The summed E-state index contributed by atoms with van der Waals surface area (Å²) in [6.45, 7) is 0.909. The van der Waals surface area contributed by atoms with E-state index in [2.05, 4.69) is 0 Å². The second kappa shape index (κ2) is 5.52. The van der Waals surface area contributed by atoms with Crippen molar-refractivity contribution < 1.29 is 18.7 Å². The third-order valence-corrected chi connectivity index (χ3v) is 4.91. The maximum atomic E-state index is 15.2. The lowest BCUT2D eigenvalue weighted by atomic mass is 10.1. The number of hydrogen-bond acceptors (Lipinski definition) is 4. The van der Waals surface area contributed by atoms with E-state index < -0.39 is 34.0 Å². The topological polar surface area (TPSA) is 88.6 Å². The number of carboxylic acid groups (broad SMARTS) is 1. The average molecular weight is 349 g/mol. The van der Waals surface area contributed by atoms with Gasteiger partial charge in [0.15, 0.2) is 5.82 Å². The van der Waals surface area contributed by atoms with Crippen molar-refractivity contribution in [1.82, 2.24) is 4.57 Å². The van der Waals surface area contributed by atoms with Gasteiger partial charge < -0.3 is 20.3 Å². The number of nitrogens with zero attached hydrogens (tertiary/aromatic N) is 2. The third kappa shape index (κ3) is 2.48. The lowest BCUT2D eigenvalue weighted by Crippen LogP contribution is -2.28. The summed E-state index contributed by atoms with van der Waals surface area (Å²) in [5, 5.41) is 8.71. The first-order valence-corrected chi connectivity index (χ1v) is 8.19. The molecule has 0 bridgehead atoms. The quantitative estimate of drug-likeness (QED) is 0.883. The fraction of sp³-hybridized carbons (Fsp3) is 0.412. The summed E-state index contributed by atoms with van der Waals surface area (Å²) in [4.78, 5) is 25.4. The van der Waals surface area contributed by atoms with Crippen LogP contribution in [0.3, 0.4) is 0 Å². The van der Waals surface area contributed by atoms with Crippen LogP contribution in [0.4, 0.5) is 14.5 Å². The Morgan fingerprint density at radius 2 is 2.00 bits per heavy atom. The molecule has 0 spiro atoms. The number of pyridine rings is 1. The van der Waals surface area contributed by atoms with Crippen molar-refractivity contribution in [2.45, 2.75) is 31.3 Å². The molecule has 0 unspecified atom stereocenters. The summed E-state index contributed by atoms with van der Waals surface area (Å²) in [5.41, 5.74) is 4.21. The molecule has 2 aromatic rings. The van der Waals surface area contributed by atoms with Gasteiger partial charge in [0.25, 0.3) is 0 Å². The van der Waals surface area contributed by atoms with E-state index in [1.165, 1.54) is 4.57 Å². The van der Waals surface area contributed by atoms with E-state index in [0.29, 0.717) is 19.5 Å². The molecule has 0 amide bonds. The molecule has 0 radical (unpaired) electrons. The number of carbonyl (C=O) groups is 1. The van der Waals surface area contributed by atoms with Crippen LogP contribution in [0.15, 0.2) is 17.1 Å². The van der Waals surface area contributed by atoms with Crippen LogP contribution in [-0.2, 0) is 0 Å². The van der Waals surface area contributed by atoms with Gasteiger partial charge in [-0.2, -0.15) is 0 Å². The van der Waals surface area contributed by atoms with Gasteiger partial charge >= 0.3 is 5.97 Å². The maximum Gasteiger partial charge on any atom is 0.341 e. The Balaban J connectivity index is 2.04. The Kier molecular flexibility index (Phi) is 3.54. The lowest BCUT2D eigenvalue weighted by molar-refractivity contribution is 0.0695. The highest BCUT2D eigenvalue weighted by Gasteiger charge is 2.32. The summed E-state index contributed by atoms with van der Waals surface area (Å²) in [7, 11) is 0. The molecule has 1 aromatic carbocycles. The van der Waals surface area contributed by atoms with Crippen molar-refractivity contribution in [2.75, 3.05) is 18.0 Å². The van der Waals surface area contributed by atoms with Gasteiger partial charge in [-0.25, -0.2) is 13.6 Å². The van der Waals surface area contributed by atoms with E-state index in [-0.39, 0.29) is 23.3 Å². The Labute approximate surface area is 141 Å². The minimum atomic E-state index is -1.45. The zero-order chi connectivity index (χ0) is 17.9. The largest absolute Gasteiger partial charge is 0.477 e. The van der Waals surface area contributed by atoms with Gasteiger partial charge in [-0.3, -0.25) is 4.79 Å². The monoisotopic (exact) mass is 349 g/mol. The van der Waals surface area contributed by atoms with Gasteiger partial charge in [0.1, 0.15) is 11.4 Å². The van der Waals surface area contributed by atoms with Crippen LogP contribution in [0.25, 0.3) is 10.9 Å². The normalized spacial score (nSPS) is 20.4. The molecule has 4 rings (SSSR count). The zero-order valence-corrected chi connectivity index (χ0v) is 13.3. The molecule has 1 saturated carbocycles. The molecule has 2 aliphatic rings. The number of halogens is 2. The number of nitrogens with two attached hydrogens (primary N) is 1. The van der Waals surface area contributed by atoms with Crippen molar-refractivity contribution in [3.05, 3.63) is 39.7 Å². The number of anilines is 1. The number of aromatic nitrogens is 1. The molecule has 6 nitrogen and oxygen atoms in total. The first kappa shape index (κ1) is 16.0. The summed E-state index contributed by atoms with van der Waals surface area (Å²) >= 11 is 0. The molecule has 25 heavy (non-hydrogen) atoms. The highest BCUT2D eigenvalue weighted by Crippen LogP contribution is 2.39. The molecule has 2 heterocycles. The number of hydrogen-bond donors (Lipinski definition) is 2. The maximum absolute atomic E-state index is 15.2. The first-order chi connectivity index (χ1) is 11.9. The second-order valence-corrected chi connectivity index (χ2v) is 6.73. The zero-order valence-electron chi connectivity index (χ0n) is 13.3. The molecule has 1 aliphatic carbocycles. The van der Waals surface area contributed by atoms with E-state index in [4.69, 9.17) is 5.73 Å². The van der Waals surface area contributed by atoms with E-state index in [1.54, 1.807) is 4.90 Å². The van der Waals surface area contributed by atoms with Crippen molar-refractivity contribution in [3.63, 3.8) is 0 Å². The van der Waals surface area contributed by atoms with Crippen LogP contribution in [0.2, 0.25) is 0 Å². The molecule has 1 aromatic heterocycles. The van der Waals surface area contributed by atoms with Crippen molar-refractivity contribution in [2.24, 2.45) is 5.73 Å². The molecular formula is C17H17F2N3O3. The molecule has 8 heteroatoms. The minimum Gasteiger partial charge on any atom is -0.477 e. The third-order valence-electron chi connectivity index (χ3n) is 4.91. The van der Waals surface area contributed by atoms with Crippen LogP contribution in [0, 0.1) is 11.6 Å². The summed E-state index contributed by atoms with van der Waals surface area (Å²) in [5.74, 6) is -3.06. The smallest absolute Gasteiger partial charge is 0.341 e. The summed E-state index contributed by atoms with van der Waals surface area (Å²) in [6.07, 6.45) is 3.27. The highest BCUT2D eigenvalue weighted by atomic mass is 19.1. The Hall–Kier alpha value is -2.48. The van der Waals surface area contributed by atoms with E-state index in [1.807, 2.05) is 0 Å². The molecule has 2 fully saturated rings. The number of rotatable bonds is 3. The predicted octanol–water partition coefficient (Wildman–Crippen LogP) is 1.85. The van der Waals surface area contributed by atoms with Gasteiger partial charge in [0.05, 0.1) is 16.6 Å². The molecule has 3 N–H and O–H groups in total. The first-order valence-electron chi connectivity index (χ1n) is 8.19. The molecular weight excluding hydrogens is 332 g/mol. The number of benzene rings is 1. The van der Waals surface area contributed by atoms with E-state index in [0.717, 1.165) is 25.1 Å². The van der Waals surface area contributed by atoms with E-state index in [9.17, 15) is 19.1 Å². The van der Waals surface area contributed by atoms with Crippen molar-refractivity contribution in [1.29, 1.82) is 0 Å². The molecule has 1 saturated heterocycles.